The quantitative estimate of drug-likeness (QED) is 0.818. The summed E-state index contributed by atoms with van der Waals surface area (Å²) in [5.41, 5.74) is 2.49. The molecule has 1 fully saturated rings. The molecule has 1 aromatic carbocycles. The highest BCUT2D eigenvalue weighted by Gasteiger charge is 2.35. The van der Waals surface area contributed by atoms with E-state index in [1.165, 1.54) is 22.5 Å². The molecule has 0 bridgehead atoms. The lowest BCUT2D eigenvalue weighted by Gasteiger charge is -2.26. The molecular formula is C20H26FN5O2S. The molecule has 0 saturated carbocycles. The monoisotopic (exact) mass is 419 g/mol. The van der Waals surface area contributed by atoms with Crippen molar-refractivity contribution < 1.29 is 12.8 Å². The molecule has 2 aliphatic rings. The molecule has 7 nitrogen and oxygen atoms in total. The molecule has 2 aliphatic heterocycles. The lowest BCUT2D eigenvalue weighted by atomic mass is 10.0. The number of benzene rings is 1. The second-order valence-electron chi connectivity index (χ2n) is 7.85. The number of fused-ring (bicyclic) bond motifs is 1. The number of hydrogen-bond acceptors (Lipinski definition) is 6. The van der Waals surface area contributed by atoms with Crippen LogP contribution in [0.5, 0.6) is 0 Å². The molecule has 1 aromatic heterocycles. The van der Waals surface area contributed by atoms with Crippen LogP contribution < -0.4 is 5.32 Å². The highest BCUT2D eigenvalue weighted by atomic mass is 32.2. The van der Waals surface area contributed by atoms with Crippen molar-refractivity contribution in [3.63, 3.8) is 0 Å². The normalized spacial score (nSPS) is 20.6. The first-order chi connectivity index (χ1) is 13.8. The van der Waals surface area contributed by atoms with Crippen molar-refractivity contribution in [2.24, 2.45) is 0 Å². The zero-order valence-corrected chi connectivity index (χ0v) is 17.8. The molecule has 9 heteroatoms. The molecule has 0 aliphatic carbocycles. The van der Waals surface area contributed by atoms with Crippen LogP contribution in [0.3, 0.4) is 0 Å². The molecule has 156 valence electrons. The minimum absolute atomic E-state index is 0.0593. The molecule has 1 saturated heterocycles. The minimum atomic E-state index is -3.67. The number of sulfonamides is 1. The van der Waals surface area contributed by atoms with Crippen molar-refractivity contribution in [1.29, 1.82) is 0 Å². The van der Waals surface area contributed by atoms with E-state index in [1.54, 1.807) is 6.92 Å². The van der Waals surface area contributed by atoms with Crippen molar-refractivity contribution in [3.8, 4) is 0 Å². The largest absolute Gasteiger partial charge is 0.373 e. The molecule has 3 heterocycles. The Hall–Kier alpha value is -2.10. The molecule has 0 unspecified atom stereocenters. The van der Waals surface area contributed by atoms with Crippen molar-refractivity contribution in [1.82, 2.24) is 19.2 Å². The first kappa shape index (κ1) is 20.2. The summed E-state index contributed by atoms with van der Waals surface area (Å²) in [6.07, 6.45) is 1.56. The van der Waals surface area contributed by atoms with Crippen LogP contribution >= 0.6 is 0 Å². The minimum Gasteiger partial charge on any atom is -0.373 e. The fourth-order valence-electron chi connectivity index (χ4n) is 4.05. The van der Waals surface area contributed by atoms with Gasteiger partial charge in [-0.25, -0.2) is 22.8 Å². The molecule has 2 aromatic rings. The van der Waals surface area contributed by atoms with Gasteiger partial charge < -0.3 is 10.2 Å². The Kier molecular flexibility index (Phi) is 5.30. The third kappa shape index (κ3) is 3.74. The standard InChI is InChI=1S/C20H26FN5O2S/c1-13-10-15(4-5-17(13)21)29(27,28)26-9-6-14(11-26)19-23-18-12-25(3)8-7-16(18)20(22-2)24-19/h4-5,10,14H,6-9,11-12H2,1-3H3,(H,22,23,24)/t14-/m1/s1. The molecule has 29 heavy (non-hydrogen) atoms. The van der Waals surface area contributed by atoms with E-state index in [9.17, 15) is 12.8 Å². The van der Waals surface area contributed by atoms with E-state index in [2.05, 4.69) is 17.3 Å². The number of nitrogens with one attached hydrogen (secondary N) is 1. The number of halogens is 1. The molecule has 1 atom stereocenters. The van der Waals surface area contributed by atoms with Gasteiger partial charge in [-0.15, -0.1) is 0 Å². The second kappa shape index (κ2) is 7.62. The van der Waals surface area contributed by atoms with Crippen LogP contribution in [0.15, 0.2) is 23.1 Å². The number of aromatic nitrogens is 2. The molecule has 0 spiro atoms. The van der Waals surface area contributed by atoms with Crippen molar-refractivity contribution in [2.75, 3.05) is 39.0 Å². The summed E-state index contributed by atoms with van der Waals surface area (Å²) < 4.78 is 41.0. The van der Waals surface area contributed by atoms with Gasteiger partial charge in [0.1, 0.15) is 17.5 Å². The van der Waals surface area contributed by atoms with E-state index in [0.717, 1.165) is 36.6 Å². The first-order valence-corrected chi connectivity index (χ1v) is 11.3. The van der Waals surface area contributed by atoms with Crippen LogP contribution in [0.25, 0.3) is 0 Å². The summed E-state index contributed by atoms with van der Waals surface area (Å²) in [6, 6.07) is 3.93. The maximum absolute atomic E-state index is 13.6. The summed E-state index contributed by atoms with van der Waals surface area (Å²) in [6.45, 7) is 4.04. The number of nitrogens with zero attached hydrogens (tertiary/aromatic N) is 4. The maximum Gasteiger partial charge on any atom is 0.243 e. The Morgan fingerprint density at radius 3 is 2.76 bits per heavy atom. The summed E-state index contributed by atoms with van der Waals surface area (Å²) in [5.74, 6) is 1.07. The van der Waals surface area contributed by atoms with Gasteiger partial charge in [0.25, 0.3) is 0 Å². The van der Waals surface area contributed by atoms with Crippen molar-refractivity contribution in [3.05, 3.63) is 46.7 Å². The number of likely N-dealkylation sites (N-methyl/N-ethyl adjacent to an activating group) is 1. The van der Waals surface area contributed by atoms with Crippen LogP contribution in [-0.2, 0) is 23.0 Å². The predicted octanol–water partition coefficient (Wildman–Crippen LogP) is 2.13. The fourth-order valence-corrected chi connectivity index (χ4v) is 5.64. The van der Waals surface area contributed by atoms with Crippen molar-refractivity contribution in [2.45, 2.75) is 37.1 Å². The highest BCUT2D eigenvalue weighted by Crippen LogP contribution is 2.32. The predicted molar refractivity (Wildman–Crippen MR) is 109 cm³/mol. The van der Waals surface area contributed by atoms with Crippen LogP contribution in [0, 0.1) is 12.7 Å². The summed E-state index contributed by atoms with van der Waals surface area (Å²) in [5, 5.41) is 3.18. The van der Waals surface area contributed by atoms with Gasteiger partial charge in [-0.1, -0.05) is 0 Å². The van der Waals surface area contributed by atoms with E-state index in [-0.39, 0.29) is 10.8 Å². The topological polar surface area (TPSA) is 78.4 Å². The van der Waals surface area contributed by atoms with Gasteiger partial charge >= 0.3 is 0 Å². The smallest absolute Gasteiger partial charge is 0.243 e. The molecule has 4 rings (SSSR count). The third-order valence-electron chi connectivity index (χ3n) is 5.79. The Morgan fingerprint density at radius 1 is 1.24 bits per heavy atom. The fraction of sp³-hybridized carbons (Fsp3) is 0.500. The molecular weight excluding hydrogens is 393 g/mol. The molecule has 0 radical (unpaired) electrons. The Morgan fingerprint density at radius 2 is 2.03 bits per heavy atom. The number of hydrogen-bond donors (Lipinski definition) is 1. The second-order valence-corrected chi connectivity index (χ2v) is 9.79. The van der Waals surface area contributed by atoms with Crippen molar-refractivity contribution >= 4 is 15.8 Å². The zero-order chi connectivity index (χ0) is 20.8. The third-order valence-corrected chi connectivity index (χ3v) is 7.65. The van der Waals surface area contributed by atoms with Gasteiger partial charge in [-0.3, -0.25) is 0 Å². The van der Waals surface area contributed by atoms with E-state index < -0.39 is 15.8 Å². The Bertz CT molecular complexity index is 1040. The zero-order valence-electron chi connectivity index (χ0n) is 16.9. The summed E-state index contributed by atoms with van der Waals surface area (Å²) in [4.78, 5) is 11.9. The van der Waals surface area contributed by atoms with E-state index >= 15 is 0 Å². The van der Waals surface area contributed by atoms with Gasteiger partial charge in [0.15, 0.2) is 0 Å². The number of rotatable bonds is 4. The van der Waals surface area contributed by atoms with Crippen LogP contribution in [0.2, 0.25) is 0 Å². The van der Waals surface area contributed by atoms with Gasteiger partial charge in [0, 0.05) is 44.7 Å². The molecule has 0 amide bonds. The Balaban J connectivity index is 1.60. The average molecular weight is 420 g/mol. The first-order valence-electron chi connectivity index (χ1n) is 9.82. The average Bonchev–Trinajstić information content (AvgIpc) is 3.20. The lowest BCUT2D eigenvalue weighted by Crippen LogP contribution is -2.30. The van der Waals surface area contributed by atoms with E-state index in [4.69, 9.17) is 9.97 Å². The van der Waals surface area contributed by atoms with Crippen LogP contribution in [0.1, 0.15) is 35.0 Å². The Labute approximate surface area is 171 Å². The van der Waals surface area contributed by atoms with Gasteiger partial charge in [0.05, 0.1) is 10.6 Å². The van der Waals surface area contributed by atoms with Crippen LogP contribution in [0.4, 0.5) is 10.2 Å². The number of anilines is 1. The lowest BCUT2D eigenvalue weighted by molar-refractivity contribution is 0.306. The maximum atomic E-state index is 13.6. The number of aryl methyl sites for hydroxylation is 1. The van der Waals surface area contributed by atoms with Gasteiger partial charge in [-0.05, 0) is 50.6 Å². The summed E-state index contributed by atoms with van der Waals surface area (Å²) in [7, 11) is 0.249. The van der Waals surface area contributed by atoms with E-state index in [0.29, 0.717) is 30.9 Å². The highest BCUT2D eigenvalue weighted by molar-refractivity contribution is 7.89. The SMILES string of the molecule is CNc1nc([C@@H]2CCN(S(=O)(=O)c3ccc(F)c(C)c3)C2)nc2c1CCN(C)C2. The van der Waals surface area contributed by atoms with Crippen LogP contribution in [-0.4, -0.2) is 61.3 Å². The van der Waals surface area contributed by atoms with Gasteiger partial charge in [0.2, 0.25) is 10.0 Å². The summed E-state index contributed by atoms with van der Waals surface area (Å²) >= 11 is 0. The van der Waals surface area contributed by atoms with E-state index in [1.807, 2.05) is 7.05 Å². The van der Waals surface area contributed by atoms with Gasteiger partial charge in [-0.2, -0.15) is 4.31 Å². The molecule has 1 N–H and O–H groups in total.